The van der Waals surface area contributed by atoms with E-state index in [1.165, 1.54) is 0 Å². The molecule has 2 aliphatic rings. The molecule has 2 aliphatic heterocycles. The second kappa shape index (κ2) is 3.73. The maximum Gasteiger partial charge on any atom is 0.167 e. The summed E-state index contributed by atoms with van der Waals surface area (Å²) in [5.74, 6) is 0. The number of hydrogen-bond acceptors (Lipinski definition) is 6. The van der Waals surface area contributed by atoms with E-state index in [4.69, 9.17) is 4.74 Å². The highest BCUT2D eigenvalue weighted by Crippen LogP contribution is 2.22. The lowest BCUT2D eigenvalue weighted by atomic mass is 9.93. The van der Waals surface area contributed by atoms with E-state index in [0.29, 0.717) is 0 Å². The molecular weight excluding hydrogens is 190 g/mol. The molecule has 0 bridgehead atoms. The van der Waals surface area contributed by atoms with Gasteiger partial charge < -0.3 is 25.2 Å². The molecule has 0 radical (unpaired) electrons. The number of rotatable bonds is 0. The highest BCUT2D eigenvalue weighted by atomic mass is 16.6. The minimum atomic E-state index is -1.13. The van der Waals surface area contributed by atoms with Crippen LogP contribution in [0, 0.1) is 0 Å². The van der Waals surface area contributed by atoms with Gasteiger partial charge in [-0.3, -0.25) is 4.90 Å². The number of piperidine rings is 1. The fourth-order valence-electron chi connectivity index (χ4n) is 2.03. The maximum absolute atomic E-state index is 9.62. The number of fused-ring (bicyclic) bond motifs is 1. The number of aliphatic hydroxyl groups is 4. The molecule has 0 saturated carbocycles. The van der Waals surface area contributed by atoms with Crippen LogP contribution in [-0.4, -0.2) is 75.7 Å². The molecule has 0 aromatic carbocycles. The third kappa shape index (κ3) is 1.65. The quantitative estimate of drug-likeness (QED) is 0.339. The molecule has 2 saturated heterocycles. The summed E-state index contributed by atoms with van der Waals surface area (Å²) < 4.78 is 4.96. The van der Waals surface area contributed by atoms with Gasteiger partial charge in [0.05, 0.1) is 18.8 Å². The Morgan fingerprint density at radius 2 is 1.71 bits per heavy atom. The van der Waals surface area contributed by atoms with Gasteiger partial charge in [-0.05, 0) is 0 Å². The number of aliphatic hydroxyl groups excluding tert-OH is 4. The van der Waals surface area contributed by atoms with E-state index in [2.05, 4.69) is 0 Å². The van der Waals surface area contributed by atoms with Crippen molar-refractivity contribution in [3.63, 3.8) is 0 Å². The first-order chi connectivity index (χ1) is 6.59. The summed E-state index contributed by atoms with van der Waals surface area (Å²) in [4.78, 5) is 1.73. The van der Waals surface area contributed by atoms with Crippen LogP contribution in [0.3, 0.4) is 0 Å². The summed E-state index contributed by atoms with van der Waals surface area (Å²) in [6.45, 7) is 0.681. The van der Waals surface area contributed by atoms with Crippen molar-refractivity contribution in [3.8, 4) is 0 Å². The Hall–Kier alpha value is -0.240. The van der Waals surface area contributed by atoms with Crippen molar-refractivity contribution in [2.75, 3.05) is 19.7 Å². The number of ether oxygens (including phenoxy) is 1. The smallest absolute Gasteiger partial charge is 0.167 e. The molecular formula is C8H15NO5. The topological polar surface area (TPSA) is 93.4 Å². The average Bonchev–Trinajstić information content (AvgIpc) is 2.14. The van der Waals surface area contributed by atoms with E-state index < -0.39 is 24.6 Å². The zero-order chi connectivity index (χ0) is 10.3. The Morgan fingerprint density at radius 1 is 1.00 bits per heavy atom. The van der Waals surface area contributed by atoms with Gasteiger partial charge in [-0.25, -0.2) is 0 Å². The zero-order valence-corrected chi connectivity index (χ0v) is 7.65. The molecule has 0 amide bonds. The van der Waals surface area contributed by atoms with E-state index >= 15 is 0 Å². The van der Waals surface area contributed by atoms with Crippen LogP contribution in [0.4, 0.5) is 0 Å². The SMILES string of the molecule is OC1CN2CC(O)C(O)C(O)[C@H]2CO1. The predicted molar refractivity (Wildman–Crippen MR) is 45.3 cm³/mol. The lowest BCUT2D eigenvalue weighted by Gasteiger charge is -2.46. The van der Waals surface area contributed by atoms with Crippen LogP contribution in [-0.2, 0) is 4.74 Å². The molecule has 5 atom stereocenters. The standard InChI is InChI=1S/C8H15NO5/c10-5-1-9-2-6(11)14-3-4(9)7(12)8(5)13/h4-8,10-13H,1-3H2/t4-,5?,6?,7?,8?/m1/s1. The summed E-state index contributed by atoms with van der Waals surface area (Å²) in [7, 11) is 0. The van der Waals surface area contributed by atoms with Gasteiger partial charge in [0.15, 0.2) is 6.29 Å². The average molecular weight is 205 g/mol. The summed E-state index contributed by atoms with van der Waals surface area (Å²) in [5, 5.41) is 37.6. The molecule has 0 spiro atoms. The molecule has 0 aliphatic carbocycles. The molecule has 4 N–H and O–H groups in total. The van der Waals surface area contributed by atoms with Crippen molar-refractivity contribution < 1.29 is 25.2 Å². The Labute approximate surface area is 81.3 Å². The number of hydrogen-bond donors (Lipinski definition) is 4. The van der Waals surface area contributed by atoms with Gasteiger partial charge in [-0.15, -0.1) is 0 Å². The summed E-state index contributed by atoms with van der Waals surface area (Å²) in [6, 6.07) is -0.336. The van der Waals surface area contributed by atoms with Crippen molar-refractivity contribution in [3.05, 3.63) is 0 Å². The van der Waals surface area contributed by atoms with E-state index in [1.54, 1.807) is 4.90 Å². The molecule has 6 heteroatoms. The first kappa shape index (κ1) is 10.3. The van der Waals surface area contributed by atoms with Crippen molar-refractivity contribution in [2.24, 2.45) is 0 Å². The largest absolute Gasteiger partial charge is 0.389 e. The first-order valence-electron chi connectivity index (χ1n) is 4.67. The Balaban J connectivity index is 2.07. The Morgan fingerprint density at radius 3 is 2.43 bits per heavy atom. The normalized spacial score (nSPS) is 50.1. The summed E-state index contributed by atoms with van der Waals surface area (Å²) in [6.07, 6.45) is -3.99. The number of morpholine rings is 1. The van der Waals surface area contributed by atoms with Crippen LogP contribution in [0.15, 0.2) is 0 Å². The maximum atomic E-state index is 9.62. The van der Waals surface area contributed by atoms with Crippen LogP contribution in [0.2, 0.25) is 0 Å². The van der Waals surface area contributed by atoms with Gasteiger partial charge in [-0.2, -0.15) is 0 Å². The highest BCUT2D eigenvalue weighted by molar-refractivity contribution is 4.95. The van der Waals surface area contributed by atoms with E-state index in [-0.39, 0.29) is 25.7 Å². The van der Waals surface area contributed by atoms with Gasteiger partial charge in [0.1, 0.15) is 12.2 Å². The summed E-state index contributed by atoms with van der Waals surface area (Å²) >= 11 is 0. The van der Waals surface area contributed by atoms with Gasteiger partial charge in [-0.1, -0.05) is 0 Å². The molecule has 6 nitrogen and oxygen atoms in total. The van der Waals surface area contributed by atoms with Gasteiger partial charge in [0.2, 0.25) is 0 Å². The Bertz CT molecular complexity index is 214. The third-order valence-electron chi connectivity index (χ3n) is 2.88. The van der Waals surface area contributed by atoms with Crippen molar-refractivity contribution in [2.45, 2.75) is 30.6 Å². The molecule has 82 valence electrons. The lowest BCUT2D eigenvalue weighted by molar-refractivity contribution is -0.221. The van der Waals surface area contributed by atoms with Crippen molar-refractivity contribution in [1.29, 1.82) is 0 Å². The molecule has 4 unspecified atom stereocenters. The lowest BCUT2D eigenvalue weighted by Crippen LogP contribution is -2.66. The zero-order valence-electron chi connectivity index (χ0n) is 7.65. The van der Waals surface area contributed by atoms with Crippen molar-refractivity contribution >= 4 is 0 Å². The van der Waals surface area contributed by atoms with E-state index in [1.807, 2.05) is 0 Å². The molecule has 2 heterocycles. The highest BCUT2D eigenvalue weighted by Gasteiger charge is 2.44. The van der Waals surface area contributed by atoms with Crippen LogP contribution < -0.4 is 0 Å². The first-order valence-corrected chi connectivity index (χ1v) is 4.67. The second-order valence-electron chi connectivity index (χ2n) is 3.86. The van der Waals surface area contributed by atoms with Crippen LogP contribution >= 0.6 is 0 Å². The molecule has 0 aromatic heterocycles. The summed E-state index contributed by atoms with van der Waals surface area (Å²) in [5.41, 5.74) is 0. The fourth-order valence-corrected chi connectivity index (χ4v) is 2.03. The third-order valence-corrected chi connectivity index (χ3v) is 2.88. The van der Waals surface area contributed by atoms with Crippen molar-refractivity contribution in [1.82, 2.24) is 4.90 Å². The van der Waals surface area contributed by atoms with Gasteiger partial charge in [0.25, 0.3) is 0 Å². The Kier molecular flexibility index (Phi) is 2.74. The fraction of sp³-hybridized carbons (Fsp3) is 1.00. The van der Waals surface area contributed by atoms with E-state index in [0.717, 1.165) is 0 Å². The predicted octanol–water partition coefficient (Wildman–Crippen LogP) is -2.90. The molecule has 14 heavy (non-hydrogen) atoms. The molecule has 0 aromatic rings. The van der Waals surface area contributed by atoms with Gasteiger partial charge >= 0.3 is 0 Å². The molecule has 2 fully saturated rings. The second-order valence-corrected chi connectivity index (χ2v) is 3.86. The monoisotopic (exact) mass is 205 g/mol. The van der Waals surface area contributed by atoms with Gasteiger partial charge in [0, 0.05) is 13.1 Å². The minimum Gasteiger partial charge on any atom is -0.389 e. The van der Waals surface area contributed by atoms with Crippen LogP contribution in [0.25, 0.3) is 0 Å². The molecule has 2 rings (SSSR count). The van der Waals surface area contributed by atoms with Crippen LogP contribution in [0.5, 0.6) is 0 Å². The number of nitrogens with zero attached hydrogens (tertiary/aromatic N) is 1. The van der Waals surface area contributed by atoms with E-state index in [9.17, 15) is 20.4 Å². The minimum absolute atomic E-state index is 0.173. The van der Waals surface area contributed by atoms with Crippen LogP contribution in [0.1, 0.15) is 0 Å².